The fraction of sp³-hybridized carbons (Fsp3) is 0.250. The Hall–Kier alpha value is -0.950. The van der Waals surface area contributed by atoms with Crippen molar-refractivity contribution in [2.75, 3.05) is 0 Å². The summed E-state index contributed by atoms with van der Waals surface area (Å²) in [6, 6.07) is 0. The molecule has 0 bridgehead atoms. The molecule has 0 aliphatic carbocycles. The lowest BCUT2D eigenvalue weighted by atomic mass is 10.6. The molecular formula is C4H3NO4S2. The predicted octanol–water partition coefficient (Wildman–Crippen LogP) is -0.584. The van der Waals surface area contributed by atoms with Crippen LogP contribution in [0.4, 0.5) is 0 Å². The number of hydrogen-bond acceptors (Lipinski definition) is 5. The zero-order chi connectivity index (χ0) is 8.43. The van der Waals surface area contributed by atoms with E-state index in [1.165, 1.54) is 0 Å². The average molecular weight is 193 g/mol. The van der Waals surface area contributed by atoms with E-state index in [0.29, 0.717) is 4.57 Å². The molecule has 0 unspecified atom stereocenters. The van der Waals surface area contributed by atoms with E-state index in [1.807, 2.05) is 0 Å². The molecule has 0 aliphatic heterocycles. The lowest BCUT2D eigenvalue weighted by Crippen LogP contribution is -2.27. The third kappa shape index (κ3) is 1.75. The van der Waals surface area contributed by atoms with E-state index in [1.54, 1.807) is 0 Å². The van der Waals surface area contributed by atoms with Gasteiger partial charge < -0.3 is 5.11 Å². The second kappa shape index (κ2) is 2.97. The van der Waals surface area contributed by atoms with Crippen molar-refractivity contribution in [3.05, 3.63) is 19.3 Å². The van der Waals surface area contributed by atoms with Gasteiger partial charge in [0.25, 0.3) is 0 Å². The van der Waals surface area contributed by atoms with Crippen LogP contribution in [0.3, 0.4) is 0 Å². The Morgan fingerprint density at radius 2 is 1.82 bits per heavy atom. The Bertz CT molecular complexity index is 344. The molecule has 11 heavy (non-hydrogen) atoms. The molecule has 1 heterocycles. The highest BCUT2D eigenvalue weighted by Crippen LogP contribution is 1.90. The summed E-state index contributed by atoms with van der Waals surface area (Å²) in [5.41, 5.74) is 0. The van der Waals surface area contributed by atoms with Crippen molar-refractivity contribution in [1.82, 2.24) is 4.57 Å². The van der Waals surface area contributed by atoms with Crippen LogP contribution in [0.5, 0.6) is 0 Å². The van der Waals surface area contributed by atoms with E-state index in [4.69, 9.17) is 5.11 Å². The molecule has 0 radical (unpaired) electrons. The predicted molar refractivity (Wildman–Crippen MR) is 40.4 cm³/mol. The summed E-state index contributed by atoms with van der Waals surface area (Å²) in [5, 5.41) is 8.24. The summed E-state index contributed by atoms with van der Waals surface area (Å²) in [6.45, 7) is -0.544. The van der Waals surface area contributed by atoms with Crippen LogP contribution in [0, 0.1) is 0 Å². The third-order valence-corrected chi connectivity index (χ3v) is 2.83. The van der Waals surface area contributed by atoms with Crippen molar-refractivity contribution in [2.45, 2.75) is 6.54 Å². The van der Waals surface area contributed by atoms with Gasteiger partial charge in [-0.25, -0.2) is 4.57 Å². The molecule has 0 aromatic carbocycles. The largest absolute Gasteiger partial charge is 0.480 e. The highest BCUT2D eigenvalue weighted by atomic mass is 32.9. The van der Waals surface area contributed by atoms with E-state index in [9.17, 15) is 14.4 Å². The average Bonchev–Trinajstić information content (AvgIpc) is 2.18. The number of aliphatic carboxylic acids is 1. The Labute approximate surface area is 67.5 Å². The molecule has 0 fully saturated rings. The molecule has 1 rings (SSSR count). The smallest absolute Gasteiger partial charge is 0.323 e. The van der Waals surface area contributed by atoms with Crippen molar-refractivity contribution < 1.29 is 9.90 Å². The topological polar surface area (TPSA) is 76.4 Å². The van der Waals surface area contributed by atoms with Crippen LogP contribution in [0.15, 0.2) is 9.59 Å². The van der Waals surface area contributed by atoms with Gasteiger partial charge in [0.15, 0.2) is 0 Å². The van der Waals surface area contributed by atoms with Gasteiger partial charge in [-0.3, -0.25) is 14.4 Å². The molecule has 0 saturated carbocycles. The SMILES string of the molecule is O=C(O)Cn1c(=O)ssc1=O. The van der Waals surface area contributed by atoms with E-state index < -0.39 is 22.3 Å². The summed E-state index contributed by atoms with van der Waals surface area (Å²) < 4.78 is 0.692. The molecule has 0 amide bonds. The first-order valence-electron chi connectivity index (χ1n) is 2.53. The Morgan fingerprint density at radius 3 is 2.18 bits per heavy atom. The maximum Gasteiger partial charge on any atom is 0.323 e. The number of rotatable bonds is 2. The number of carboxylic acid groups (broad SMARTS) is 1. The monoisotopic (exact) mass is 193 g/mol. The lowest BCUT2D eigenvalue weighted by molar-refractivity contribution is -0.137. The number of aromatic nitrogens is 1. The summed E-state index contributed by atoms with van der Waals surface area (Å²) in [7, 11) is 1.49. The molecule has 5 nitrogen and oxygen atoms in total. The van der Waals surface area contributed by atoms with E-state index in [-0.39, 0.29) is 0 Å². The molecule has 1 aromatic rings. The van der Waals surface area contributed by atoms with Gasteiger partial charge in [-0.1, -0.05) is 0 Å². The lowest BCUT2D eigenvalue weighted by Gasteiger charge is -1.89. The van der Waals surface area contributed by atoms with E-state index in [0.717, 1.165) is 20.7 Å². The maximum absolute atomic E-state index is 10.7. The summed E-state index contributed by atoms with van der Waals surface area (Å²) in [4.78, 5) is 30.5. The van der Waals surface area contributed by atoms with Gasteiger partial charge in [0.1, 0.15) is 6.54 Å². The Balaban J connectivity index is 3.12. The second-order valence-electron chi connectivity index (χ2n) is 1.68. The molecule has 0 aliphatic rings. The van der Waals surface area contributed by atoms with Crippen molar-refractivity contribution >= 4 is 26.7 Å². The Kier molecular flexibility index (Phi) is 2.20. The van der Waals surface area contributed by atoms with Gasteiger partial charge in [-0.15, -0.1) is 0 Å². The highest BCUT2D eigenvalue weighted by molar-refractivity contribution is 7.67. The minimum Gasteiger partial charge on any atom is -0.480 e. The van der Waals surface area contributed by atoms with Crippen LogP contribution < -0.4 is 9.75 Å². The molecule has 1 aromatic heterocycles. The fourth-order valence-corrected chi connectivity index (χ4v) is 2.14. The van der Waals surface area contributed by atoms with Gasteiger partial charge in [0.05, 0.1) is 0 Å². The molecule has 7 heteroatoms. The normalized spacial score (nSPS) is 9.82. The number of carbonyl (C=O) groups is 1. The molecule has 0 spiro atoms. The minimum atomic E-state index is -1.19. The van der Waals surface area contributed by atoms with E-state index >= 15 is 0 Å². The van der Waals surface area contributed by atoms with Crippen LogP contribution in [-0.2, 0) is 11.3 Å². The first kappa shape index (κ1) is 8.15. The third-order valence-electron chi connectivity index (χ3n) is 0.918. The van der Waals surface area contributed by atoms with E-state index in [2.05, 4.69) is 0 Å². The quantitative estimate of drug-likeness (QED) is 0.637. The number of hydrogen-bond donors (Lipinski definition) is 1. The van der Waals surface area contributed by atoms with Crippen molar-refractivity contribution in [2.24, 2.45) is 0 Å². The van der Waals surface area contributed by atoms with Crippen LogP contribution >= 0.6 is 20.7 Å². The van der Waals surface area contributed by atoms with Crippen LogP contribution in [0.2, 0.25) is 0 Å². The minimum absolute atomic E-state index is 0.512. The maximum atomic E-state index is 10.7. The first-order chi connectivity index (χ1) is 5.11. The fourth-order valence-electron chi connectivity index (χ4n) is 0.500. The zero-order valence-electron chi connectivity index (χ0n) is 5.14. The summed E-state index contributed by atoms with van der Waals surface area (Å²) >= 11 is 0. The van der Waals surface area contributed by atoms with Gasteiger partial charge in [-0.2, -0.15) is 0 Å². The molecule has 1 N–H and O–H groups in total. The van der Waals surface area contributed by atoms with Crippen LogP contribution in [-0.4, -0.2) is 15.6 Å². The standard InChI is InChI=1S/C4H3NO4S2/c6-2(7)1-5-3(8)10-11-4(5)9/h1H2,(H,6,7). The van der Waals surface area contributed by atoms with Gasteiger partial charge in [0, 0.05) is 0 Å². The second-order valence-corrected chi connectivity index (χ2v) is 3.71. The van der Waals surface area contributed by atoms with Gasteiger partial charge >= 0.3 is 15.7 Å². The van der Waals surface area contributed by atoms with Gasteiger partial charge in [-0.05, 0) is 20.7 Å². The zero-order valence-corrected chi connectivity index (χ0v) is 6.78. The number of nitrogens with zero attached hydrogens (tertiary/aromatic N) is 1. The van der Waals surface area contributed by atoms with Crippen LogP contribution in [0.1, 0.15) is 0 Å². The van der Waals surface area contributed by atoms with Crippen molar-refractivity contribution in [3.8, 4) is 0 Å². The molecule has 60 valence electrons. The summed E-state index contributed by atoms with van der Waals surface area (Å²) in [5.74, 6) is -1.19. The first-order valence-corrected chi connectivity index (χ1v) is 4.68. The van der Waals surface area contributed by atoms with Crippen molar-refractivity contribution in [1.29, 1.82) is 0 Å². The van der Waals surface area contributed by atoms with Crippen molar-refractivity contribution in [3.63, 3.8) is 0 Å². The highest BCUT2D eigenvalue weighted by Gasteiger charge is 2.06. The molecule has 0 saturated heterocycles. The number of carboxylic acids is 1. The van der Waals surface area contributed by atoms with Gasteiger partial charge in [0.2, 0.25) is 0 Å². The Morgan fingerprint density at radius 1 is 1.36 bits per heavy atom. The van der Waals surface area contributed by atoms with Crippen LogP contribution in [0.25, 0.3) is 0 Å². The molecule has 0 atom stereocenters. The summed E-state index contributed by atoms with van der Waals surface area (Å²) in [6.07, 6.45) is 0. The molecular weight excluding hydrogens is 190 g/mol.